The second kappa shape index (κ2) is 6.90. The van der Waals surface area contributed by atoms with Gasteiger partial charge < -0.3 is 5.11 Å². The van der Waals surface area contributed by atoms with E-state index in [0.29, 0.717) is 17.4 Å². The van der Waals surface area contributed by atoms with Crippen molar-refractivity contribution in [3.05, 3.63) is 28.2 Å². The van der Waals surface area contributed by atoms with E-state index in [2.05, 4.69) is 4.72 Å². The molecule has 1 unspecified atom stereocenters. The molecule has 0 heterocycles. The molecule has 0 aliphatic rings. The van der Waals surface area contributed by atoms with Crippen molar-refractivity contribution in [1.82, 2.24) is 4.72 Å². The van der Waals surface area contributed by atoms with Crippen molar-refractivity contribution < 1.29 is 13.5 Å². The fourth-order valence-corrected chi connectivity index (χ4v) is 3.02. The quantitative estimate of drug-likeness (QED) is 0.845. The zero-order chi connectivity index (χ0) is 14.6. The van der Waals surface area contributed by atoms with Crippen LogP contribution in [0.5, 0.6) is 0 Å². The van der Waals surface area contributed by atoms with Gasteiger partial charge in [-0.3, -0.25) is 0 Å². The Labute approximate surface area is 123 Å². The molecule has 1 aromatic carbocycles. The fraction of sp³-hybridized carbons (Fsp3) is 0.500. The van der Waals surface area contributed by atoms with Gasteiger partial charge in [-0.15, -0.1) is 0 Å². The highest BCUT2D eigenvalue weighted by atomic mass is 35.5. The van der Waals surface area contributed by atoms with Crippen LogP contribution in [0.15, 0.2) is 23.1 Å². The molecule has 108 valence electrons. The molecule has 0 spiro atoms. The highest BCUT2D eigenvalue weighted by molar-refractivity contribution is 7.89. The normalized spacial score (nSPS) is 13.8. The van der Waals surface area contributed by atoms with E-state index in [1.54, 1.807) is 0 Å². The van der Waals surface area contributed by atoms with Gasteiger partial charge in [0.2, 0.25) is 10.0 Å². The van der Waals surface area contributed by atoms with Crippen LogP contribution in [0.25, 0.3) is 0 Å². The van der Waals surface area contributed by atoms with E-state index >= 15 is 0 Å². The number of halogens is 2. The van der Waals surface area contributed by atoms with Crippen molar-refractivity contribution in [2.24, 2.45) is 5.92 Å². The summed E-state index contributed by atoms with van der Waals surface area (Å²) in [5, 5.41) is 10.1. The number of sulfonamides is 1. The second-order valence-electron chi connectivity index (χ2n) is 4.71. The van der Waals surface area contributed by atoms with Crippen molar-refractivity contribution in [2.45, 2.75) is 31.3 Å². The minimum atomic E-state index is -3.68. The fourth-order valence-electron chi connectivity index (χ4n) is 1.56. The molecule has 0 fully saturated rings. The molecular formula is C12H17Cl2NO3S. The lowest BCUT2D eigenvalue weighted by atomic mass is 10.1. The van der Waals surface area contributed by atoms with Gasteiger partial charge in [-0.1, -0.05) is 37.0 Å². The Bertz CT molecular complexity index is 532. The summed E-state index contributed by atoms with van der Waals surface area (Å²) < 4.78 is 26.3. The molecule has 7 heteroatoms. The van der Waals surface area contributed by atoms with Gasteiger partial charge in [0.05, 0.1) is 21.0 Å². The van der Waals surface area contributed by atoms with Crippen LogP contribution in [0.2, 0.25) is 10.0 Å². The lowest BCUT2D eigenvalue weighted by molar-refractivity contribution is 0.152. The van der Waals surface area contributed by atoms with E-state index in [1.807, 2.05) is 13.8 Å². The number of aliphatic hydroxyl groups excluding tert-OH is 1. The molecule has 0 aliphatic heterocycles. The molecule has 1 rings (SSSR count). The third-order valence-corrected chi connectivity index (χ3v) is 4.61. The summed E-state index contributed by atoms with van der Waals surface area (Å²) in [6.45, 7) is 3.88. The van der Waals surface area contributed by atoms with Gasteiger partial charge in [0, 0.05) is 6.54 Å². The van der Waals surface area contributed by atoms with Gasteiger partial charge in [-0.25, -0.2) is 13.1 Å². The standard InChI is InChI=1S/C12H17Cl2NO3S/c1-8(2)5-9(16)7-15-19(17,18)10-3-4-11(13)12(14)6-10/h3-4,6,8-9,15-16H,5,7H2,1-2H3. The summed E-state index contributed by atoms with van der Waals surface area (Å²) in [6.07, 6.45) is -0.179. The summed E-state index contributed by atoms with van der Waals surface area (Å²) in [7, 11) is -3.68. The number of aliphatic hydroxyl groups is 1. The molecule has 0 saturated heterocycles. The van der Waals surface area contributed by atoms with Crippen LogP contribution in [0, 0.1) is 5.92 Å². The molecule has 4 nitrogen and oxygen atoms in total. The molecule has 19 heavy (non-hydrogen) atoms. The van der Waals surface area contributed by atoms with Crippen molar-refractivity contribution >= 4 is 33.2 Å². The average Bonchev–Trinajstić information content (AvgIpc) is 2.29. The Kier molecular flexibility index (Phi) is 6.08. The summed E-state index contributed by atoms with van der Waals surface area (Å²) in [5.41, 5.74) is 0. The van der Waals surface area contributed by atoms with E-state index in [1.165, 1.54) is 18.2 Å². The topological polar surface area (TPSA) is 66.4 Å². The van der Waals surface area contributed by atoms with Gasteiger partial charge in [-0.05, 0) is 30.5 Å². The molecule has 0 saturated carbocycles. The number of rotatable bonds is 6. The molecule has 0 radical (unpaired) electrons. The van der Waals surface area contributed by atoms with Crippen LogP contribution in [-0.2, 0) is 10.0 Å². The maximum atomic E-state index is 12.0. The van der Waals surface area contributed by atoms with Gasteiger partial charge in [-0.2, -0.15) is 0 Å². The lowest BCUT2D eigenvalue weighted by Crippen LogP contribution is -2.32. The number of hydrogen-bond acceptors (Lipinski definition) is 3. The second-order valence-corrected chi connectivity index (χ2v) is 7.29. The zero-order valence-electron chi connectivity index (χ0n) is 10.7. The molecule has 0 amide bonds. The lowest BCUT2D eigenvalue weighted by Gasteiger charge is -2.14. The smallest absolute Gasteiger partial charge is 0.240 e. The summed E-state index contributed by atoms with van der Waals surface area (Å²) in [5.74, 6) is 0.296. The molecule has 1 aromatic rings. The van der Waals surface area contributed by atoms with Gasteiger partial charge >= 0.3 is 0 Å². The minimum absolute atomic E-state index is 0.0265. The van der Waals surface area contributed by atoms with E-state index in [0.717, 1.165) is 0 Å². The third-order valence-electron chi connectivity index (χ3n) is 2.45. The summed E-state index contributed by atoms with van der Waals surface area (Å²) in [4.78, 5) is 0.0265. The third kappa shape index (κ3) is 5.28. The Morgan fingerprint density at radius 1 is 1.26 bits per heavy atom. The Balaban J connectivity index is 2.73. The number of hydrogen-bond donors (Lipinski definition) is 2. The Morgan fingerprint density at radius 2 is 1.89 bits per heavy atom. The highest BCUT2D eigenvalue weighted by Crippen LogP contribution is 2.24. The first kappa shape index (κ1) is 16.7. The van der Waals surface area contributed by atoms with Crippen LogP contribution in [0.4, 0.5) is 0 Å². The molecule has 2 N–H and O–H groups in total. The molecule has 1 atom stereocenters. The number of nitrogens with one attached hydrogen (secondary N) is 1. The minimum Gasteiger partial charge on any atom is -0.392 e. The predicted molar refractivity (Wildman–Crippen MR) is 77.1 cm³/mol. The largest absolute Gasteiger partial charge is 0.392 e. The molecule has 0 aliphatic carbocycles. The molecule has 0 aromatic heterocycles. The highest BCUT2D eigenvalue weighted by Gasteiger charge is 2.17. The Hall–Kier alpha value is -0.330. The van der Waals surface area contributed by atoms with Gasteiger partial charge in [0.1, 0.15) is 0 Å². The average molecular weight is 326 g/mol. The van der Waals surface area contributed by atoms with Crippen LogP contribution in [-0.4, -0.2) is 26.2 Å². The maximum Gasteiger partial charge on any atom is 0.240 e. The van der Waals surface area contributed by atoms with Crippen molar-refractivity contribution in [2.75, 3.05) is 6.54 Å². The molecule has 0 bridgehead atoms. The van der Waals surface area contributed by atoms with Crippen molar-refractivity contribution in [3.63, 3.8) is 0 Å². The van der Waals surface area contributed by atoms with Crippen LogP contribution < -0.4 is 4.72 Å². The first-order valence-corrected chi connectivity index (χ1v) is 8.09. The first-order chi connectivity index (χ1) is 8.72. The van der Waals surface area contributed by atoms with Crippen LogP contribution >= 0.6 is 23.2 Å². The zero-order valence-corrected chi connectivity index (χ0v) is 13.1. The first-order valence-electron chi connectivity index (χ1n) is 5.85. The van der Waals surface area contributed by atoms with E-state index in [4.69, 9.17) is 23.2 Å². The van der Waals surface area contributed by atoms with Crippen LogP contribution in [0.1, 0.15) is 20.3 Å². The van der Waals surface area contributed by atoms with Gasteiger partial charge in [0.25, 0.3) is 0 Å². The van der Waals surface area contributed by atoms with Gasteiger partial charge in [0.15, 0.2) is 0 Å². The Morgan fingerprint density at radius 3 is 2.42 bits per heavy atom. The van der Waals surface area contributed by atoms with E-state index in [-0.39, 0.29) is 16.5 Å². The summed E-state index contributed by atoms with van der Waals surface area (Å²) >= 11 is 11.5. The maximum absolute atomic E-state index is 12.0. The monoisotopic (exact) mass is 325 g/mol. The SMILES string of the molecule is CC(C)CC(O)CNS(=O)(=O)c1ccc(Cl)c(Cl)c1. The van der Waals surface area contributed by atoms with E-state index < -0.39 is 16.1 Å². The van der Waals surface area contributed by atoms with Crippen LogP contribution in [0.3, 0.4) is 0 Å². The number of benzene rings is 1. The van der Waals surface area contributed by atoms with Crippen molar-refractivity contribution in [3.8, 4) is 0 Å². The molecular weight excluding hydrogens is 309 g/mol. The van der Waals surface area contributed by atoms with E-state index in [9.17, 15) is 13.5 Å². The predicted octanol–water partition coefficient (Wildman–Crippen LogP) is 2.68. The summed E-state index contributed by atoms with van der Waals surface area (Å²) in [6, 6.07) is 4.06. The van der Waals surface area contributed by atoms with Crippen molar-refractivity contribution in [1.29, 1.82) is 0 Å².